The van der Waals surface area contributed by atoms with E-state index in [1.807, 2.05) is 0 Å². The first-order valence-electron chi connectivity index (χ1n) is 14.8. The molecule has 8 aromatic rings. The van der Waals surface area contributed by atoms with E-state index in [-0.39, 0.29) is 5.41 Å². The summed E-state index contributed by atoms with van der Waals surface area (Å²) in [7, 11) is 0. The second-order valence-corrected chi connectivity index (χ2v) is 11.9. The van der Waals surface area contributed by atoms with Crippen LogP contribution in [-0.2, 0) is 5.41 Å². The fourth-order valence-corrected chi connectivity index (χ4v) is 6.33. The standard InChI is InChI=1S/C41H30N2/c1-41(2,33-22-18-29(19-23-33)37-24-20-30-16-14-27-8-3-5-12-35(27)39(30)42-37)34-11-7-10-32(26-34)38-25-21-31-17-15-28-9-4-6-13-36(28)40(31)43-38/h3-26H,1-2H3. The second-order valence-electron chi connectivity index (χ2n) is 11.9. The fourth-order valence-electron chi connectivity index (χ4n) is 6.33. The van der Waals surface area contributed by atoms with Crippen LogP contribution < -0.4 is 0 Å². The van der Waals surface area contributed by atoms with Gasteiger partial charge in [0.05, 0.1) is 22.4 Å². The Labute approximate surface area is 251 Å². The van der Waals surface area contributed by atoms with Crippen LogP contribution in [-0.4, -0.2) is 9.97 Å². The van der Waals surface area contributed by atoms with E-state index in [1.54, 1.807) is 0 Å². The molecule has 6 aromatic carbocycles. The van der Waals surface area contributed by atoms with E-state index in [9.17, 15) is 0 Å². The smallest absolute Gasteiger partial charge is 0.0787 e. The first-order valence-corrected chi connectivity index (χ1v) is 14.8. The summed E-state index contributed by atoms with van der Waals surface area (Å²) >= 11 is 0. The molecule has 0 aliphatic heterocycles. The van der Waals surface area contributed by atoms with Gasteiger partial charge in [-0.2, -0.15) is 0 Å². The van der Waals surface area contributed by atoms with Crippen LogP contribution in [0.5, 0.6) is 0 Å². The molecule has 0 unspecified atom stereocenters. The summed E-state index contributed by atoms with van der Waals surface area (Å²) in [6.07, 6.45) is 0. The third-order valence-electron chi connectivity index (χ3n) is 8.95. The topological polar surface area (TPSA) is 25.8 Å². The van der Waals surface area contributed by atoms with Gasteiger partial charge in [-0.3, -0.25) is 0 Å². The third kappa shape index (κ3) is 4.35. The van der Waals surface area contributed by atoms with E-state index in [0.29, 0.717) is 0 Å². The molecule has 0 atom stereocenters. The molecule has 0 aliphatic rings. The zero-order valence-corrected chi connectivity index (χ0v) is 24.3. The molecule has 0 radical (unpaired) electrons. The van der Waals surface area contributed by atoms with Gasteiger partial charge >= 0.3 is 0 Å². The van der Waals surface area contributed by atoms with Crippen LogP contribution in [0.25, 0.3) is 65.9 Å². The van der Waals surface area contributed by atoms with E-state index in [2.05, 4.69) is 159 Å². The number of fused-ring (bicyclic) bond motifs is 6. The van der Waals surface area contributed by atoms with Gasteiger partial charge in [0.15, 0.2) is 0 Å². The summed E-state index contributed by atoms with van der Waals surface area (Å²) in [6.45, 7) is 4.59. The number of hydrogen-bond donors (Lipinski definition) is 0. The van der Waals surface area contributed by atoms with Crippen LogP contribution >= 0.6 is 0 Å². The molecule has 0 fully saturated rings. The Morgan fingerprint density at radius 1 is 0.395 bits per heavy atom. The summed E-state index contributed by atoms with van der Waals surface area (Å²) in [5, 5.41) is 7.12. The molecule has 2 nitrogen and oxygen atoms in total. The normalized spacial score (nSPS) is 12.0. The zero-order valence-electron chi connectivity index (χ0n) is 24.3. The summed E-state index contributed by atoms with van der Waals surface area (Å²) in [6, 6.07) is 52.0. The van der Waals surface area contributed by atoms with Crippen molar-refractivity contribution >= 4 is 43.4 Å². The monoisotopic (exact) mass is 550 g/mol. The minimum atomic E-state index is -0.189. The van der Waals surface area contributed by atoms with E-state index in [0.717, 1.165) is 44.3 Å². The maximum absolute atomic E-state index is 5.15. The first kappa shape index (κ1) is 25.4. The minimum absolute atomic E-state index is 0.189. The van der Waals surface area contributed by atoms with Gasteiger partial charge < -0.3 is 0 Å². The highest BCUT2D eigenvalue weighted by molar-refractivity contribution is 6.06. The third-order valence-corrected chi connectivity index (χ3v) is 8.95. The van der Waals surface area contributed by atoms with Crippen molar-refractivity contribution in [2.24, 2.45) is 0 Å². The highest BCUT2D eigenvalue weighted by atomic mass is 14.7. The van der Waals surface area contributed by atoms with E-state index in [4.69, 9.17) is 9.97 Å². The van der Waals surface area contributed by atoms with Gasteiger partial charge in [-0.15, -0.1) is 0 Å². The molecule has 0 amide bonds. The molecule has 0 saturated carbocycles. The maximum Gasteiger partial charge on any atom is 0.0787 e. The Morgan fingerprint density at radius 3 is 1.51 bits per heavy atom. The summed E-state index contributed by atoms with van der Waals surface area (Å²) < 4.78 is 0. The van der Waals surface area contributed by atoms with Crippen molar-refractivity contribution in [3.63, 3.8) is 0 Å². The molecule has 0 N–H and O–H groups in total. The van der Waals surface area contributed by atoms with Gasteiger partial charge in [0.1, 0.15) is 0 Å². The van der Waals surface area contributed by atoms with Crippen LogP contribution in [0.15, 0.2) is 146 Å². The van der Waals surface area contributed by atoms with Crippen molar-refractivity contribution in [1.29, 1.82) is 0 Å². The molecule has 0 bridgehead atoms. The van der Waals surface area contributed by atoms with Crippen molar-refractivity contribution in [3.8, 4) is 22.5 Å². The SMILES string of the molecule is CC(C)(c1ccc(-c2ccc3ccc4ccccc4c3n2)cc1)c1cccc(-c2ccc3ccc4ccccc4c3n2)c1. The lowest BCUT2D eigenvalue weighted by molar-refractivity contribution is 0.641. The van der Waals surface area contributed by atoms with Crippen LogP contribution in [0.1, 0.15) is 25.0 Å². The summed E-state index contributed by atoms with van der Waals surface area (Å²) in [4.78, 5) is 10.3. The molecule has 43 heavy (non-hydrogen) atoms. The Morgan fingerprint density at radius 2 is 0.907 bits per heavy atom. The Kier molecular flexibility index (Phi) is 5.84. The number of nitrogens with zero attached hydrogens (tertiary/aromatic N) is 2. The number of pyridine rings is 2. The predicted molar refractivity (Wildman–Crippen MR) is 181 cm³/mol. The molecule has 8 rings (SSSR count). The Balaban J connectivity index is 1.14. The minimum Gasteiger partial charge on any atom is -0.247 e. The fraction of sp³-hybridized carbons (Fsp3) is 0.0732. The molecular formula is C41H30N2. The van der Waals surface area contributed by atoms with Crippen molar-refractivity contribution in [1.82, 2.24) is 9.97 Å². The largest absolute Gasteiger partial charge is 0.247 e. The summed E-state index contributed by atoms with van der Waals surface area (Å²) in [5.74, 6) is 0. The van der Waals surface area contributed by atoms with Crippen LogP contribution in [0.3, 0.4) is 0 Å². The van der Waals surface area contributed by atoms with Gasteiger partial charge in [0.2, 0.25) is 0 Å². The number of benzene rings is 6. The summed E-state index contributed by atoms with van der Waals surface area (Å²) in [5.41, 5.74) is 8.66. The van der Waals surface area contributed by atoms with Gasteiger partial charge in [0.25, 0.3) is 0 Å². The van der Waals surface area contributed by atoms with Crippen molar-refractivity contribution in [2.45, 2.75) is 19.3 Å². The van der Waals surface area contributed by atoms with Crippen molar-refractivity contribution < 1.29 is 0 Å². The van der Waals surface area contributed by atoms with E-state index >= 15 is 0 Å². The highest BCUT2D eigenvalue weighted by Gasteiger charge is 2.24. The van der Waals surface area contributed by atoms with Gasteiger partial charge in [0, 0.05) is 38.1 Å². The van der Waals surface area contributed by atoms with Crippen molar-refractivity contribution in [3.05, 3.63) is 157 Å². The van der Waals surface area contributed by atoms with Crippen LogP contribution in [0, 0.1) is 0 Å². The highest BCUT2D eigenvalue weighted by Crippen LogP contribution is 2.36. The van der Waals surface area contributed by atoms with E-state index < -0.39 is 0 Å². The number of aromatic nitrogens is 2. The van der Waals surface area contributed by atoms with E-state index in [1.165, 1.54) is 32.7 Å². The van der Waals surface area contributed by atoms with Gasteiger partial charge in [-0.25, -0.2) is 9.97 Å². The first-order chi connectivity index (χ1) is 21.0. The van der Waals surface area contributed by atoms with Gasteiger partial charge in [-0.1, -0.05) is 141 Å². The lowest BCUT2D eigenvalue weighted by Gasteiger charge is -2.27. The quantitative estimate of drug-likeness (QED) is 0.204. The molecule has 0 spiro atoms. The molecule has 0 aliphatic carbocycles. The second kappa shape index (κ2) is 9.89. The molecule has 2 heterocycles. The Hall–Kier alpha value is -5.34. The number of hydrogen-bond acceptors (Lipinski definition) is 2. The number of rotatable bonds is 4. The predicted octanol–water partition coefficient (Wildman–Crippen LogP) is 10.7. The van der Waals surface area contributed by atoms with Gasteiger partial charge in [-0.05, 0) is 40.1 Å². The van der Waals surface area contributed by atoms with Crippen LogP contribution in [0.4, 0.5) is 0 Å². The lowest BCUT2D eigenvalue weighted by atomic mass is 9.77. The molecule has 0 saturated heterocycles. The van der Waals surface area contributed by atoms with Crippen molar-refractivity contribution in [2.75, 3.05) is 0 Å². The lowest BCUT2D eigenvalue weighted by Crippen LogP contribution is -2.18. The average Bonchev–Trinajstić information content (AvgIpc) is 3.08. The molecule has 2 aromatic heterocycles. The Bertz CT molecular complexity index is 2310. The maximum atomic E-state index is 5.15. The molecule has 2 heteroatoms. The zero-order chi connectivity index (χ0) is 29.0. The molecule has 204 valence electrons. The molecular weight excluding hydrogens is 520 g/mol. The van der Waals surface area contributed by atoms with Crippen LogP contribution in [0.2, 0.25) is 0 Å². The average molecular weight is 551 g/mol.